The van der Waals surface area contributed by atoms with Crippen molar-refractivity contribution in [1.82, 2.24) is 10.3 Å². The van der Waals surface area contributed by atoms with E-state index in [9.17, 15) is 9.18 Å². The molecule has 2 aromatic carbocycles. The van der Waals surface area contributed by atoms with Gasteiger partial charge in [-0.2, -0.15) is 0 Å². The summed E-state index contributed by atoms with van der Waals surface area (Å²) in [5, 5.41) is 5.95. The van der Waals surface area contributed by atoms with Gasteiger partial charge in [0.25, 0.3) is 0 Å². The maximum atomic E-state index is 13.3. The molecule has 0 aliphatic carbocycles. The maximum absolute atomic E-state index is 13.3. The van der Waals surface area contributed by atoms with Crippen molar-refractivity contribution in [2.75, 3.05) is 18.9 Å². The molecule has 1 amide bonds. The normalized spacial score (nSPS) is 10.8. The van der Waals surface area contributed by atoms with Crippen LogP contribution in [0.5, 0.6) is 0 Å². The van der Waals surface area contributed by atoms with Crippen LogP contribution in [-0.2, 0) is 11.2 Å². The fraction of sp³-hybridized carbons (Fsp3) is 0.130. The van der Waals surface area contributed by atoms with Gasteiger partial charge in [0.15, 0.2) is 0 Å². The molecule has 0 atom stereocenters. The molecular formula is C23H22FN3O. The number of hydrogen-bond donors (Lipinski definition) is 2. The number of rotatable bonds is 7. The monoisotopic (exact) mass is 375 g/mol. The van der Waals surface area contributed by atoms with E-state index in [2.05, 4.69) is 15.6 Å². The van der Waals surface area contributed by atoms with Gasteiger partial charge in [0.05, 0.1) is 5.69 Å². The lowest BCUT2D eigenvalue weighted by atomic mass is 10.1. The highest BCUT2D eigenvalue weighted by Crippen LogP contribution is 2.26. The van der Waals surface area contributed by atoms with E-state index < -0.39 is 0 Å². The van der Waals surface area contributed by atoms with Gasteiger partial charge in [-0.1, -0.05) is 36.4 Å². The second-order valence-corrected chi connectivity index (χ2v) is 6.28. The van der Waals surface area contributed by atoms with Crippen LogP contribution in [0.25, 0.3) is 17.3 Å². The van der Waals surface area contributed by atoms with Crippen molar-refractivity contribution in [3.8, 4) is 11.3 Å². The number of halogens is 1. The van der Waals surface area contributed by atoms with Crippen LogP contribution in [0.1, 0.15) is 11.1 Å². The number of anilines is 1. The van der Waals surface area contributed by atoms with Crippen molar-refractivity contribution in [2.45, 2.75) is 6.42 Å². The van der Waals surface area contributed by atoms with Crippen LogP contribution < -0.4 is 10.6 Å². The van der Waals surface area contributed by atoms with Gasteiger partial charge in [0.2, 0.25) is 5.91 Å². The highest BCUT2D eigenvalue weighted by molar-refractivity contribution is 5.91. The zero-order valence-corrected chi connectivity index (χ0v) is 15.7. The largest absolute Gasteiger partial charge is 0.384 e. The fourth-order valence-corrected chi connectivity index (χ4v) is 2.81. The van der Waals surface area contributed by atoms with Crippen LogP contribution in [0, 0.1) is 5.82 Å². The lowest BCUT2D eigenvalue weighted by Crippen LogP contribution is -2.13. The lowest BCUT2D eigenvalue weighted by Gasteiger charge is -2.12. The van der Waals surface area contributed by atoms with E-state index >= 15 is 0 Å². The van der Waals surface area contributed by atoms with E-state index in [0.29, 0.717) is 6.54 Å². The predicted molar refractivity (Wildman–Crippen MR) is 111 cm³/mol. The molecule has 0 unspecified atom stereocenters. The Balaban J connectivity index is 1.69. The third-order valence-electron chi connectivity index (χ3n) is 4.28. The molecule has 28 heavy (non-hydrogen) atoms. The Morgan fingerprint density at radius 3 is 2.71 bits per heavy atom. The average molecular weight is 375 g/mol. The number of amides is 1. The molecule has 0 aliphatic heterocycles. The molecule has 2 N–H and O–H groups in total. The minimum atomic E-state index is -0.215. The summed E-state index contributed by atoms with van der Waals surface area (Å²) in [6.45, 7) is 0.688. The molecule has 0 saturated heterocycles. The number of pyridine rings is 1. The molecule has 0 bridgehead atoms. The lowest BCUT2D eigenvalue weighted by molar-refractivity contribution is -0.115. The van der Waals surface area contributed by atoms with Crippen molar-refractivity contribution in [3.63, 3.8) is 0 Å². The van der Waals surface area contributed by atoms with Crippen molar-refractivity contribution >= 4 is 17.7 Å². The summed E-state index contributed by atoms with van der Waals surface area (Å²) in [5.41, 5.74) is 4.61. The Kier molecular flexibility index (Phi) is 6.52. The number of likely N-dealkylation sites (N-methyl/N-ethyl adjacent to an activating group) is 1. The van der Waals surface area contributed by atoms with Gasteiger partial charge in [-0.25, -0.2) is 4.39 Å². The molecule has 0 spiro atoms. The summed E-state index contributed by atoms with van der Waals surface area (Å²) in [7, 11) is 1.59. The van der Waals surface area contributed by atoms with Crippen molar-refractivity contribution in [2.24, 2.45) is 0 Å². The first-order chi connectivity index (χ1) is 13.7. The zero-order valence-electron chi connectivity index (χ0n) is 15.7. The molecule has 3 aromatic rings. The summed E-state index contributed by atoms with van der Waals surface area (Å²) >= 11 is 0. The molecule has 5 heteroatoms. The SMILES string of the molecule is CNC(=O)C=Cc1ccc(-c2ccccc2NCCc2cccc(F)c2)nc1. The van der Waals surface area contributed by atoms with Crippen molar-refractivity contribution < 1.29 is 9.18 Å². The molecule has 4 nitrogen and oxygen atoms in total. The molecule has 1 heterocycles. The molecule has 0 fully saturated rings. The van der Waals surface area contributed by atoms with E-state index in [1.807, 2.05) is 42.5 Å². The highest BCUT2D eigenvalue weighted by Gasteiger charge is 2.06. The summed E-state index contributed by atoms with van der Waals surface area (Å²) in [4.78, 5) is 15.8. The summed E-state index contributed by atoms with van der Waals surface area (Å²) in [6.07, 6.45) is 5.65. The van der Waals surface area contributed by atoms with Crippen LogP contribution in [0.15, 0.2) is 72.9 Å². The van der Waals surface area contributed by atoms with Gasteiger partial charge in [-0.05, 0) is 47.9 Å². The quantitative estimate of drug-likeness (QED) is 0.606. The topological polar surface area (TPSA) is 54.0 Å². The zero-order chi connectivity index (χ0) is 19.8. The Morgan fingerprint density at radius 1 is 1.11 bits per heavy atom. The third-order valence-corrected chi connectivity index (χ3v) is 4.28. The van der Waals surface area contributed by atoms with Crippen LogP contribution in [0.3, 0.4) is 0 Å². The summed E-state index contributed by atoms with van der Waals surface area (Å²) in [5.74, 6) is -0.371. The molecular weight excluding hydrogens is 353 g/mol. The van der Waals surface area contributed by atoms with Crippen LogP contribution in [0.4, 0.5) is 10.1 Å². The first-order valence-corrected chi connectivity index (χ1v) is 9.09. The summed E-state index contributed by atoms with van der Waals surface area (Å²) in [6, 6.07) is 18.4. The van der Waals surface area contributed by atoms with Gasteiger partial charge < -0.3 is 10.6 Å². The number of para-hydroxylation sites is 1. The molecule has 142 valence electrons. The van der Waals surface area contributed by atoms with Crippen molar-refractivity contribution in [1.29, 1.82) is 0 Å². The number of nitrogens with zero attached hydrogens (tertiary/aromatic N) is 1. The smallest absolute Gasteiger partial charge is 0.243 e. The molecule has 0 radical (unpaired) electrons. The van der Waals surface area contributed by atoms with Crippen LogP contribution >= 0.6 is 0 Å². The number of carbonyl (C=O) groups excluding carboxylic acids is 1. The minimum Gasteiger partial charge on any atom is -0.384 e. The number of aromatic nitrogens is 1. The Hall–Kier alpha value is -3.47. The third kappa shape index (κ3) is 5.27. The van der Waals surface area contributed by atoms with E-state index in [-0.39, 0.29) is 11.7 Å². The number of benzene rings is 2. The first kappa shape index (κ1) is 19.3. The molecule has 1 aromatic heterocycles. The molecule has 0 aliphatic rings. The second kappa shape index (κ2) is 9.46. The Bertz CT molecular complexity index is 968. The Morgan fingerprint density at radius 2 is 1.96 bits per heavy atom. The predicted octanol–water partition coefficient (Wildman–Crippen LogP) is 4.30. The van der Waals surface area contributed by atoms with Gasteiger partial charge in [-0.3, -0.25) is 9.78 Å². The second-order valence-electron chi connectivity index (χ2n) is 6.28. The van der Waals surface area contributed by atoms with Gasteiger partial charge in [0, 0.05) is 37.1 Å². The van der Waals surface area contributed by atoms with E-state index in [1.165, 1.54) is 12.1 Å². The van der Waals surface area contributed by atoms with E-state index in [1.54, 1.807) is 31.5 Å². The standard InChI is InChI=1S/C23H22FN3O/c1-25-23(28)12-10-18-9-11-22(27-16-18)20-7-2-3-8-21(20)26-14-13-17-5-4-6-19(24)15-17/h2-12,15-16,26H,13-14H2,1H3,(H,25,28). The molecule has 0 saturated carbocycles. The van der Waals surface area contributed by atoms with Crippen LogP contribution in [0.2, 0.25) is 0 Å². The maximum Gasteiger partial charge on any atom is 0.243 e. The first-order valence-electron chi connectivity index (χ1n) is 9.09. The number of hydrogen-bond acceptors (Lipinski definition) is 3. The molecule has 3 rings (SSSR count). The average Bonchev–Trinajstić information content (AvgIpc) is 2.73. The Labute approximate surface area is 164 Å². The van der Waals surface area contributed by atoms with E-state index in [0.717, 1.165) is 34.5 Å². The van der Waals surface area contributed by atoms with Gasteiger partial charge >= 0.3 is 0 Å². The van der Waals surface area contributed by atoms with Crippen molar-refractivity contribution in [3.05, 3.63) is 89.9 Å². The fourth-order valence-electron chi connectivity index (χ4n) is 2.81. The number of nitrogens with one attached hydrogen (secondary N) is 2. The van der Waals surface area contributed by atoms with Crippen LogP contribution in [-0.4, -0.2) is 24.5 Å². The minimum absolute atomic E-state index is 0.156. The van der Waals surface area contributed by atoms with E-state index in [4.69, 9.17) is 0 Å². The number of carbonyl (C=O) groups is 1. The van der Waals surface area contributed by atoms with Gasteiger partial charge in [0.1, 0.15) is 5.82 Å². The van der Waals surface area contributed by atoms with Gasteiger partial charge in [-0.15, -0.1) is 0 Å². The highest BCUT2D eigenvalue weighted by atomic mass is 19.1. The summed E-state index contributed by atoms with van der Waals surface area (Å²) < 4.78 is 13.3.